The summed E-state index contributed by atoms with van der Waals surface area (Å²) in [7, 11) is 0. The second-order valence-electron chi connectivity index (χ2n) is 4.12. The van der Waals surface area contributed by atoms with Crippen molar-refractivity contribution in [1.29, 1.82) is 0 Å². The summed E-state index contributed by atoms with van der Waals surface area (Å²) in [6.07, 6.45) is -0.257. The molecular formula is C13H12BrCl2NOS. The molecule has 0 saturated heterocycles. The van der Waals surface area contributed by atoms with Crippen molar-refractivity contribution in [2.75, 3.05) is 0 Å². The van der Waals surface area contributed by atoms with Gasteiger partial charge < -0.3 is 10.5 Å². The van der Waals surface area contributed by atoms with Crippen LogP contribution in [0.3, 0.4) is 0 Å². The molecule has 0 aliphatic heterocycles. The van der Waals surface area contributed by atoms with Crippen LogP contribution in [0.5, 0.6) is 5.75 Å². The van der Waals surface area contributed by atoms with E-state index in [0.717, 1.165) is 9.35 Å². The number of benzene rings is 1. The molecule has 0 radical (unpaired) electrons. The molecule has 0 spiro atoms. The Kier molecular flexibility index (Phi) is 5.15. The monoisotopic (exact) mass is 379 g/mol. The minimum atomic E-state index is -0.257. The lowest BCUT2D eigenvalue weighted by Gasteiger charge is -2.22. The largest absolute Gasteiger partial charge is 0.482 e. The number of rotatable bonds is 4. The maximum atomic E-state index is 6.13. The highest BCUT2D eigenvalue weighted by Crippen LogP contribution is 2.36. The molecule has 0 aliphatic carbocycles. The standard InChI is InChI=1S/C13H12BrCl2NOS/c1-7(17)13(11-5-8(14)6-19-11)18-10-4-2-3-9(15)12(10)16/h2-7,13H,17H2,1H3. The lowest BCUT2D eigenvalue weighted by atomic mass is 10.1. The minimum absolute atomic E-state index is 0.166. The van der Waals surface area contributed by atoms with Crippen LogP contribution in [-0.4, -0.2) is 6.04 Å². The Morgan fingerprint density at radius 3 is 2.68 bits per heavy atom. The molecule has 2 nitrogen and oxygen atoms in total. The van der Waals surface area contributed by atoms with Crippen LogP contribution in [0.2, 0.25) is 10.0 Å². The van der Waals surface area contributed by atoms with Gasteiger partial charge in [0.15, 0.2) is 0 Å². The predicted octanol–water partition coefficient (Wildman–Crippen LogP) is 5.28. The fourth-order valence-corrected chi connectivity index (χ4v) is 3.54. The Bertz CT molecular complexity index is 574. The summed E-state index contributed by atoms with van der Waals surface area (Å²) < 4.78 is 6.95. The first kappa shape index (κ1) is 15.1. The van der Waals surface area contributed by atoms with Gasteiger partial charge in [0.25, 0.3) is 0 Å². The zero-order chi connectivity index (χ0) is 14.0. The van der Waals surface area contributed by atoms with E-state index in [1.165, 1.54) is 0 Å². The van der Waals surface area contributed by atoms with Gasteiger partial charge in [-0.3, -0.25) is 0 Å². The van der Waals surface area contributed by atoms with E-state index in [2.05, 4.69) is 15.9 Å². The van der Waals surface area contributed by atoms with E-state index in [1.807, 2.05) is 18.4 Å². The zero-order valence-electron chi connectivity index (χ0n) is 10.1. The molecule has 2 aromatic rings. The molecule has 2 rings (SSSR count). The predicted molar refractivity (Wildman–Crippen MR) is 85.5 cm³/mol. The molecular weight excluding hydrogens is 369 g/mol. The molecule has 102 valence electrons. The van der Waals surface area contributed by atoms with Crippen molar-refractivity contribution < 1.29 is 4.74 Å². The van der Waals surface area contributed by atoms with Crippen LogP contribution in [-0.2, 0) is 0 Å². The molecule has 0 bridgehead atoms. The van der Waals surface area contributed by atoms with E-state index in [-0.39, 0.29) is 12.1 Å². The molecule has 0 amide bonds. The topological polar surface area (TPSA) is 35.2 Å². The average molecular weight is 381 g/mol. The fraction of sp³-hybridized carbons (Fsp3) is 0.231. The maximum absolute atomic E-state index is 6.13. The van der Waals surface area contributed by atoms with Crippen molar-refractivity contribution in [3.05, 3.63) is 49.0 Å². The van der Waals surface area contributed by atoms with Crippen LogP contribution in [0, 0.1) is 0 Å². The van der Waals surface area contributed by atoms with Gasteiger partial charge in [0.05, 0.1) is 5.02 Å². The molecule has 2 N–H and O–H groups in total. The molecule has 1 aromatic heterocycles. The van der Waals surface area contributed by atoms with Crippen molar-refractivity contribution in [2.45, 2.75) is 19.1 Å². The summed E-state index contributed by atoms with van der Waals surface area (Å²) in [5.41, 5.74) is 6.00. The van der Waals surface area contributed by atoms with Crippen molar-refractivity contribution >= 4 is 50.5 Å². The lowest BCUT2D eigenvalue weighted by Crippen LogP contribution is -2.28. The molecule has 2 atom stereocenters. The summed E-state index contributed by atoms with van der Waals surface area (Å²) >= 11 is 17.1. The van der Waals surface area contributed by atoms with E-state index in [4.69, 9.17) is 33.7 Å². The number of halogens is 3. The van der Waals surface area contributed by atoms with Gasteiger partial charge in [-0.2, -0.15) is 0 Å². The van der Waals surface area contributed by atoms with E-state index in [0.29, 0.717) is 15.8 Å². The van der Waals surface area contributed by atoms with E-state index in [9.17, 15) is 0 Å². The van der Waals surface area contributed by atoms with Crippen molar-refractivity contribution in [3.8, 4) is 5.75 Å². The van der Waals surface area contributed by atoms with Crippen LogP contribution in [0.4, 0.5) is 0 Å². The normalized spacial score (nSPS) is 14.2. The fourth-order valence-electron chi connectivity index (χ4n) is 1.61. The molecule has 0 fully saturated rings. The summed E-state index contributed by atoms with van der Waals surface area (Å²) in [5, 5.41) is 2.87. The van der Waals surface area contributed by atoms with Gasteiger partial charge in [0, 0.05) is 20.8 Å². The number of hydrogen-bond donors (Lipinski definition) is 1. The van der Waals surface area contributed by atoms with Gasteiger partial charge in [-0.1, -0.05) is 29.3 Å². The first-order valence-electron chi connectivity index (χ1n) is 5.59. The van der Waals surface area contributed by atoms with Crippen LogP contribution >= 0.6 is 50.5 Å². The Labute approximate surface area is 134 Å². The third-order valence-electron chi connectivity index (χ3n) is 2.52. The van der Waals surface area contributed by atoms with Gasteiger partial charge in [0.1, 0.15) is 16.9 Å². The molecule has 0 saturated carbocycles. The molecule has 1 heterocycles. The van der Waals surface area contributed by atoms with E-state index >= 15 is 0 Å². The van der Waals surface area contributed by atoms with Crippen molar-refractivity contribution in [3.63, 3.8) is 0 Å². The summed E-state index contributed by atoms with van der Waals surface area (Å²) in [6, 6.07) is 7.13. The van der Waals surface area contributed by atoms with Crippen LogP contribution in [0.1, 0.15) is 17.9 Å². The highest BCUT2D eigenvalue weighted by Gasteiger charge is 2.21. The third kappa shape index (κ3) is 3.64. The maximum Gasteiger partial charge on any atom is 0.148 e. The van der Waals surface area contributed by atoms with Gasteiger partial charge in [0.2, 0.25) is 0 Å². The second kappa shape index (κ2) is 6.46. The number of ether oxygens (including phenoxy) is 1. The lowest BCUT2D eigenvalue weighted by molar-refractivity contribution is 0.184. The zero-order valence-corrected chi connectivity index (χ0v) is 14.0. The molecule has 6 heteroatoms. The van der Waals surface area contributed by atoms with E-state index in [1.54, 1.807) is 29.5 Å². The van der Waals surface area contributed by atoms with Crippen molar-refractivity contribution in [1.82, 2.24) is 0 Å². The highest BCUT2D eigenvalue weighted by atomic mass is 79.9. The minimum Gasteiger partial charge on any atom is -0.482 e. The summed E-state index contributed by atoms with van der Waals surface area (Å²) in [6.45, 7) is 1.90. The Hall–Kier alpha value is -0.260. The van der Waals surface area contributed by atoms with Gasteiger partial charge >= 0.3 is 0 Å². The number of hydrogen-bond acceptors (Lipinski definition) is 3. The Morgan fingerprint density at radius 1 is 1.37 bits per heavy atom. The van der Waals surface area contributed by atoms with Gasteiger partial charge in [-0.15, -0.1) is 11.3 Å². The molecule has 2 unspecified atom stereocenters. The summed E-state index contributed by atoms with van der Waals surface area (Å²) in [4.78, 5) is 1.04. The number of thiophene rings is 1. The van der Waals surface area contributed by atoms with Gasteiger partial charge in [-0.05, 0) is 41.1 Å². The molecule has 19 heavy (non-hydrogen) atoms. The average Bonchev–Trinajstić information content (AvgIpc) is 2.77. The first-order valence-corrected chi connectivity index (χ1v) is 8.02. The van der Waals surface area contributed by atoms with Crippen LogP contribution in [0.15, 0.2) is 34.1 Å². The Balaban J connectivity index is 2.29. The Morgan fingerprint density at radius 2 is 2.11 bits per heavy atom. The number of nitrogens with two attached hydrogens (primary N) is 1. The van der Waals surface area contributed by atoms with Gasteiger partial charge in [-0.25, -0.2) is 0 Å². The third-order valence-corrected chi connectivity index (χ3v) is 5.07. The SMILES string of the molecule is CC(N)C(Oc1cccc(Cl)c1Cl)c1cc(Br)cs1. The first-order chi connectivity index (χ1) is 8.99. The second-order valence-corrected chi connectivity index (χ2v) is 6.76. The molecule has 1 aromatic carbocycles. The van der Waals surface area contributed by atoms with E-state index < -0.39 is 0 Å². The molecule has 0 aliphatic rings. The van der Waals surface area contributed by atoms with Crippen LogP contribution in [0.25, 0.3) is 0 Å². The smallest absolute Gasteiger partial charge is 0.148 e. The highest BCUT2D eigenvalue weighted by molar-refractivity contribution is 9.10. The van der Waals surface area contributed by atoms with Crippen LogP contribution < -0.4 is 10.5 Å². The summed E-state index contributed by atoms with van der Waals surface area (Å²) in [5.74, 6) is 0.543. The quantitative estimate of drug-likeness (QED) is 0.782. The van der Waals surface area contributed by atoms with Crippen molar-refractivity contribution in [2.24, 2.45) is 5.73 Å².